The number of amides is 4. The van der Waals surface area contributed by atoms with E-state index < -0.39 is 23.8 Å². The summed E-state index contributed by atoms with van der Waals surface area (Å²) < 4.78 is 0. The summed E-state index contributed by atoms with van der Waals surface area (Å²) in [6.45, 7) is 12.0. The Hall–Kier alpha value is -5.19. The molecule has 3 aromatic rings. The Kier molecular flexibility index (Phi) is 10.3. The molecule has 0 aliphatic carbocycles. The minimum absolute atomic E-state index is 0.103. The van der Waals surface area contributed by atoms with E-state index in [0.29, 0.717) is 33.7 Å². The molecule has 0 saturated carbocycles. The number of nitrogens with zero attached hydrogens (tertiary/aromatic N) is 8. The van der Waals surface area contributed by atoms with Crippen molar-refractivity contribution in [1.29, 1.82) is 5.26 Å². The van der Waals surface area contributed by atoms with Gasteiger partial charge in [0.15, 0.2) is 0 Å². The summed E-state index contributed by atoms with van der Waals surface area (Å²) in [4.78, 5) is 68.7. The zero-order valence-corrected chi connectivity index (χ0v) is 33.8. The number of carbonyl (C=O) groups is 4. The number of nitriles is 1. The number of pyridine rings is 1. The van der Waals surface area contributed by atoms with Gasteiger partial charge in [0.1, 0.15) is 17.9 Å². The van der Waals surface area contributed by atoms with Crippen molar-refractivity contribution in [3.63, 3.8) is 0 Å². The van der Waals surface area contributed by atoms with Gasteiger partial charge in [0, 0.05) is 89.3 Å². The molecule has 302 valence electrons. The summed E-state index contributed by atoms with van der Waals surface area (Å²) in [5.41, 5.74) is 4.65. The molecule has 0 bridgehead atoms. The van der Waals surface area contributed by atoms with Crippen LogP contribution in [0.15, 0.2) is 54.7 Å². The average Bonchev–Trinajstić information content (AvgIpc) is 3.69. The van der Waals surface area contributed by atoms with Crippen molar-refractivity contribution < 1.29 is 19.2 Å². The molecule has 6 aliphatic rings. The fourth-order valence-electron chi connectivity index (χ4n) is 10.3. The minimum Gasteiger partial charge on any atom is -0.370 e. The van der Waals surface area contributed by atoms with Gasteiger partial charge in [-0.3, -0.25) is 34.3 Å². The van der Waals surface area contributed by atoms with Crippen molar-refractivity contribution in [2.45, 2.75) is 64.0 Å². The maximum Gasteiger partial charge on any atom is 0.262 e. The third kappa shape index (κ3) is 7.26. The molecule has 1 spiro atoms. The third-order valence-electron chi connectivity index (χ3n) is 13.7. The molecule has 5 fully saturated rings. The highest BCUT2D eigenvalue weighted by molar-refractivity contribution is 6.32. The standard InChI is InChI=1S/C44H50ClN9O4/c1-29-24-44(28-53(29)33-3-2-31(25-46)37(45)23-33)12-16-52(17-13-44)39-8-5-34(26-47-39)50-14-10-30(11-15-50)27-49-18-20-51(21-19-49)32-4-6-35-36(22-32)43(58)54(42(35)57)38-7-9-40(55)48-41(38)56/h2-6,8,22-23,26,29-30,38H,7,9-21,24,27-28H2,1H3,(H,48,55,56)/t29-,38?/m0/s1. The molecule has 1 aromatic heterocycles. The monoisotopic (exact) mass is 803 g/mol. The van der Waals surface area contributed by atoms with E-state index in [-0.39, 0.29) is 24.2 Å². The highest BCUT2D eigenvalue weighted by Crippen LogP contribution is 2.46. The first-order valence-corrected chi connectivity index (χ1v) is 21.2. The second-order valence-electron chi connectivity index (χ2n) is 17.2. The SMILES string of the molecule is C[C@H]1CC2(CCN(c3ccc(N4CCC(CN5CCN(c6ccc7c(c6)C(=O)N(C6CCC(=O)NC6=O)C7=O)CC5)CC4)cn3)CC2)CN1c1ccc(C#N)c(Cl)c1. The molecule has 4 amide bonds. The minimum atomic E-state index is -0.959. The molecular weight excluding hydrogens is 754 g/mol. The van der Waals surface area contributed by atoms with Crippen molar-refractivity contribution in [1.82, 2.24) is 20.1 Å². The molecular formula is C44H50ClN9O4. The lowest BCUT2D eigenvalue weighted by atomic mass is 9.77. The van der Waals surface area contributed by atoms with E-state index >= 15 is 0 Å². The first-order chi connectivity index (χ1) is 28.1. The Bertz CT molecular complexity index is 2150. The number of rotatable bonds is 7. The van der Waals surface area contributed by atoms with Crippen LogP contribution in [0.1, 0.15) is 78.1 Å². The molecule has 9 rings (SSSR count). The average molecular weight is 804 g/mol. The number of anilines is 4. The summed E-state index contributed by atoms with van der Waals surface area (Å²) in [5, 5.41) is 12.1. The summed E-state index contributed by atoms with van der Waals surface area (Å²) in [6, 6.07) is 17.3. The normalized spacial score (nSPS) is 24.1. The maximum absolute atomic E-state index is 13.3. The fraction of sp³-hybridized carbons (Fsp3) is 0.500. The van der Waals surface area contributed by atoms with Gasteiger partial charge in [-0.2, -0.15) is 5.26 Å². The van der Waals surface area contributed by atoms with Gasteiger partial charge in [0.05, 0.1) is 33.6 Å². The van der Waals surface area contributed by atoms with Gasteiger partial charge in [-0.1, -0.05) is 11.6 Å². The van der Waals surface area contributed by atoms with E-state index in [1.54, 1.807) is 12.1 Å². The summed E-state index contributed by atoms with van der Waals surface area (Å²) in [5.74, 6) is -0.222. The molecule has 7 heterocycles. The van der Waals surface area contributed by atoms with Crippen LogP contribution in [-0.4, -0.2) is 116 Å². The zero-order chi connectivity index (χ0) is 40.1. The molecule has 1 N–H and O–H groups in total. The van der Waals surface area contributed by atoms with Crippen LogP contribution in [0.2, 0.25) is 5.02 Å². The number of piperidine rings is 3. The summed E-state index contributed by atoms with van der Waals surface area (Å²) in [7, 11) is 0. The van der Waals surface area contributed by atoms with Crippen LogP contribution in [-0.2, 0) is 9.59 Å². The van der Waals surface area contributed by atoms with Crippen LogP contribution in [0, 0.1) is 22.7 Å². The lowest BCUT2D eigenvalue weighted by Crippen LogP contribution is -2.54. The van der Waals surface area contributed by atoms with Gasteiger partial charge in [-0.15, -0.1) is 0 Å². The number of imide groups is 2. The Morgan fingerprint density at radius 1 is 0.810 bits per heavy atom. The molecule has 1 unspecified atom stereocenters. The quantitative estimate of drug-likeness (QED) is 0.326. The molecule has 0 radical (unpaired) electrons. The number of carbonyl (C=O) groups excluding carboxylic acids is 4. The number of piperazine rings is 1. The van der Waals surface area contributed by atoms with E-state index in [1.807, 2.05) is 24.3 Å². The lowest BCUT2D eigenvalue weighted by molar-refractivity contribution is -0.136. The maximum atomic E-state index is 13.3. The largest absolute Gasteiger partial charge is 0.370 e. The lowest BCUT2D eigenvalue weighted by Gasteiger charge is -2.40. The highest BCUT2D eigenvalue weighted by atomic mass is 35.5. The smallest absolute Gasteiger partial charge is 0.262 e. The predicted octanol–water partition coefficient (Wildman–Crippen LogP) is 4.93. The number of halogens is 1. The van der Waals surface area contributed by atoms with Crippen molar-refractivity contribution in [2.24, 2.45) is 11.3 Å². The highest BCUT2D eigenvalue weighted by Gasteiger charge is 2.46. The number of fused-ring (bicyclic) bond motifs is 1. The number of hydrogen-bond donors (Lipinski definition) is 1. The molecule has 58 heavy (non-hydrogen) atoms. The Morgan fingerprint density at radius 3 is 2.21 bits per heavy atom. The van der Waals surface area contributed by atoms with Gasteiger partial charge < -0.3 is 19.6 Å². The second kappa shape index (κ2) is 15.5. The first kappa shape index (κ1) is 38.3. The Morgan fingerprint density at radius 2 is 1.52 bits per heavy atom. The van der Waals surface area contributed by atoms with Gasteiger partial charge in [0.2, 0.25) is 11.8 Å². The molecule has 14 heteroatoms. The number of nitrogens with one attached hydrogen (secondary N) is 1. The van der Waals surface area contributed by atoms with Crippen LogP contribution in [0.4, 0.5) is 22.9 Å². The molecule has 2 aromatic carbocycles. The van der Waals surface area contributed by atoms with Crippen LogP contribution < -0.4 is 24.9 Å². The summed E-state index contributed by atoms with van der Waals surface area (Å²) >= 11 is 6.39. The predicted molar refractivity (Wildman–Crippen MR) is 222 cm³/mol. The van der Waals surface area contributed by atoms with Gasteiger partial charge in [-0.25, -0.2) is 4.98 Å². The Labute approximate surface area is 344 Å². The van der Waals surface area contributed by atoms with E-state index in [4.69, 9.17) is 16.6 Å². The third-order valence-corrected chi connectivity index (χ3v) is 14.0. The van der Waals surface area contributed by atoms with Crippen LogP contribution in [0.5, 0.6) is 0 Å². The van der Waals surface area contributed by atoms with Crippen molar-refractivity contribution in [3.8, 4) is 6.07 Å². The van der Waals surface area contributed by atoms with Gasteiger partial charge in [-0.05, 0) is 105 Å². The van der Waals surface area contributed by atoms with Crippen LogP contribution in [0.25, 0.3) is 0 Å². The van der Waals surface area contributed by atoms with Crippen molar-refractivity contribution >= 4 is 58.1 Å². The van der Waals surface area contributed by atoms with E-state index in [0.717, 1.165) is 120 Å². The number of benzene rings is 2. The van der Waals surface area contributed by atoms with Crippen molar-refractivity contribution in [3.05, 3.63) is 76.4 Å². The van der Waals surface area contributed by atoms with Crippen LogP contribution in [0.3, 0.4) is 0 Å². The fourth-order valence-corrected chi connectivity index (χ4v) is 10.6. The molecule has 6 aliphatic heterocycles. The van der Waals surface area contributed by atoms with E-state index in [2.05, 4.69) is 61.1 Å². The molecule has 2 atom stereocenters. The topological polar surface area (TPSA) is 136 Å². The van der Waals surface area contributed by atoms with E-state index in [1.165, 1.54) is 5.69 Å². The van der Waals surface area contributed by atoms with Crippen LogP contribution >= 0.6 is 11.6 Å². The van der Waals surface area contributed by atoms with E-state index in [9.17, 15) is 24.4 Å². The zero-order valence-electron chi connectivity index (χ0n) is 33.0. The Balaban J connectivity index is 0.721. The number of hydrogen-bond acceptors (Lipinski definition) is 11. The van der Waals surface area contributed by atoms with Crippen molar-refractivity contribution in [2.75, 3.05) is 85.0 Å². The molecule has 5 saturated heterocycles. The number of aromatic nitrogens is 1. The van der Waals surface area contributed by atoms with Gasteiger partial charge in [0.25, 0.3) is 11.8 Å². The molecule has 13 nitrogen and oxygen atoms in total. The first-order valence-electron chi connectivity index (χ1n) is 20.8. The van der Waals surface area contributed by atoms with Gasteiger partial charge >= 0.3 is 0 Å². The second-order valence-corrected chi connectivity index (χ2v) is 17.6. The summed E-state index contributed by atoms with van der Waals surface area (Å²) in [6.07, 6.45) is 8.02.